The first kappa shape index (κ1) is 23.7. The summed E-state index contributed by atoms with van der Waals surface area (Å²) < 4.78 is 9.67. The van der Waals surface area contributed by atoms with Gasteiger partial charge in [-0.2, -0.15) is 0 Å². The molecule has 9 nitrogen and oxygen atoms in total. The Morgan fingerprint density at radius 3 is 2.26 bits per heavy atom. The molecule has 1 N–H and O–H groups in total. The first-order chi connectivity index (χ1) is 16.8. The Morgan fingerprint density at radius 1 is 0.857 bits per heavy atom. The average Bonchev–Trinajstić information content (AvgIpc) is 3.12. The lowest BCUT2D eigenvalue weighted by Gasteiger charge is -2.13. The van der Waals surface area contributed by atoms with Crippen LogP contribution in [0.4, 0.5) is 11.4 Å². The Morgan fingerprint density at radius 2 is 1.54 bits per heavy atom. The van der Waals surface area contributed by atoms with E-state index in [1.807, 2.05) is 0 Å². The Balaban J connectivity index is 1.42. The number of methoxy groups -OCH3 is 1. The SMILES string of the molecule is COC(=O)c1cccc(NC(=O)COC(=O)c2ccc3c(c2)C(=O)N(c2ccc(Cl)cc2)C3=O)c1. The minimum absolute atomic E-state index is 0.00310. The summed E-state index contributed by atoms with van der Waals surface area (Å²) in [6.45, 7) is -0.609. The fraction of sp³-hybridized carbons (Fsp3) is 0.0800. The van der Waals surface area contributed by atoms with Gasteiger partial charge in [-0.25, -0.2) is 14.5 Å². The molecule has 0 saturated heterocycles. The molecule has 0 bridgehead atoms. The molecular weight excluding hydrogens is 476 g/mol. The number of rotatable bonds is 6. The molecule has 1 aliphatic rings. The van der Waals surface area contributed by atoms with Crippen molar-refractivity contribution in [1.29, 1.82) is 0 Å². The van der Waals surface area contributed by atoms with Crippen LogP contribution in [0.5, 0.6) is 0 Å². The summed E-state index contributed by atoms with van der Waals surface area (Å²) >= 11 is 5.87. The van der Waals surface area contributed by atoms with Gasteiger partial charge in [0.05, 0.1) is 35.1 Å². The molecule has 3 aromatic carbocycles. The lowest BCUT2D eigenvalue weighted by molar-refractivity contribution is -0.119. The van der Waals surface area contributed by atoms with Gasteiger partial charge in [-0.15, -0.1) is 0 Å². The number of amides is 3. The molecule has 35 heavy (non-hydrogen) atoms. The molecule has 0 radical (unpaired) electrons. The third-order valence-electron chi connectivity index (χ3n) is 5.11. The summed E-state index contributed by atoms with van der Waals surface area (Å²) in [5, 5.41) is 2.97. The molecule has 3 aromatic rings. The van der Waals surface area contributed by atoms with Gasteiger partial charge in [0.2, 0.25) is 0 Å². The van der Waals surface area contributed by atoms with Crippen molar-refractivity contribution in [2.45, 2.75) is 0 Å². The second-order valence-electron chi connectivity index (χ2n) is 7.38. The summed E-state index contributed by atoms with van der Waals surface area (Å²) in [5.41, 5.74) is 1.10. The first-order valence-electron chi connectivity index (χ1n) is 10.2. The number of imide groups is 1. The second-order valence-corrected chi connectivity index (χ2v) is 7.82. The maximum absolute atomic E-state index is 12.9. The number of hydrogen-bond acceptors (Lipinski definition) is 7. The summed E-state index contributed by atoms with van der Waals surface area (Å²) in [6.07, 6.45) is 0. The number of anilines is 2. The normalized spacial score (nSPS) is 12.2. The zero-order valence-corrected chi connectivity index (χ0v) is 19.0. The molecule has 3 amide bonds. The van der Waals surface area contributed by atoms with Gasteiger partial charge < -0.3 is 14.8 Å². The van der Waals surface area contributed by atoms with Crippen molar-refractivity contribution in [1.82, 2.24) is 0 Å². The Labute approximate surface area is 204 Å². The highest BCUT2D eigenvalue weighted by Gasteiger charge is 2.37. The van der Waals surface area contributed by atoms with Gasteiger partial charge in [0.25, 0.3) is 17.7 Å². The van der Waals surface area contributed by atoms with E-state index in [2.05, 4.69) is 10.1 Å². The number of ether oxygens (including phenoxy) is 2. The quantitative estimate of drug-likeness (QED) is 0.411. The van der Waals surface area contributed by atoms with Crippen LogP contribution in [-0.4, -0.2) is 43.4 Å². The lowest BCUT2D eigenvalue weighted by atomic mass is 10.1. The fourth-order valence-corrected chi connectivity index (χ4v) is 3.57. The van der Waals surface area contributed by atoms with Crippen molar-refractivity contribution in [2.24, 2.45) is 0 Å². The van der Waals surface area contributed by atoms with Crippen LogP contribution in [0, 0.1) is 0 Å². The number of esters is 2. The summed E-state index contributed by atoms with van der Waals surface area (Å²) in [4.78, 5) is 62.8. The third kappa shape index (κ3) is 4.90. The van der Waals surface area contributed by atoms with E-state index in [4.69, 9.17) is 16.3 Å². The van der Waals surface area contributed by atoms with Crippen molar-refractivity contribution >= 4 is 52.6 Å². The van der Waals surface area contributed by atoms with E-state index in [1.54, 1.807) is 36.4 Å². The van der Waals surface area contributed by atoms with Crippen LogP contribution < -0.4 is 10.2 Å². The van der Waals surface area contributed by atoms with Crippen LogP contribution >= 0.6 is 11.6 Å². The van der Waals surface area contributed by atoms with E-state index in [-0.39, 0.29) is 22.3 Å². The summed E-state index contributed by atoms with van der Waals surface area (Å²) in [6, 6.07) is 16.2. The molecule has 4 rings (SSSR count). The molecule has 0 atom stereocenters. The molecule has 0 spiro atoms. The minimum atomic E-state index is -0.851. The van der Waals surface area contributed by atoms with Crippen LogP contribution in [0.25, 0.3) is 0 Å². The molecule has 0 fully saturated rings. The molecule has 0 aromatic heterocycles. The fourth-order valence-electron chi connectivity index (χ4n) is 3.45. The van der Waals surface area contributed by atoms with Crippen molar-refractivity contribution < 1.29 is 33.4 Å². The molecule has 0 aliphatic carbocycles. The molecule has 176 valence electrons. The van der Waals surface area contributed by atoms with Crippen LogP contribution in [0.3, 0.4) is 0 Å². The number of carbonyl (C=O) groups excluding carboxylic acids is 5. The summed E-state index contributed by atoms with van der Waals surface area (Å²) in [5.74, 6) is -3.17. The van der Waals surface area contributed by atoms with Crippen LogP contribution in [-0.2, 0) is 14.3 Å². The average molecular weight is 493 g/mol. The number of fused-ring (bicyclic) bond motifs is 1. The smallest absolute Gasteiger partial charge is 0.338 e. The number of halogens is 1. The van der Waals surface area contributed by atoms with Crippen molar-refractivity contribution in [3.05, 3.63) is 94.0 Å². The topological polar surface area (TPSA) is 119 Å². The van der Waals surface area contributed by atoms with Crippen molar-refractivity contribution in [3.8, 4) is 0 Å². The molecule has 1 heterocycles. The van der Waals surface area contributed by atoms with Gasteiger partial charge in [0, 0.05) is 10.7 Å². The molecule has 10 heteroatoms. The van der Waals surface area contributed by atoms with Gasteiger partial charge in [0.15, 0.2) is 6.61 Å². The third-order valence-corrected chi connectivity index (χ3v) is 5.36. The number of hydrogen-bond donors (Lipinski definition) is 1. The van der Waals surface area contributed by atoms with E-state index in [0.717, 1.165) is 4.90 Å². The Hall–Kier alpha value is -4.50. The van der Waals surface area contributed by atoms with Crippen molar-refractivity contribution in [2.75, 3.05) is 23.9 Å². The first-order valence-corrected chi connectivity index (χ1v) is 10.6. The predicted molar refractivity (Wildman–Crippen MR) is 126 cm³/mol. The predicted octanol–water partition coefficient (Wildman–Crippen LogP) is 3.72. The second kappa shape index (κ2) is 9.78. The number of benzene rings is 3. The van der Waals surface area contributed by atoms with Gasteiger partial charge in [0.1, 0.15) is 0 Å². The molecule has 0 saturated carbocycles. The van der Waals surface area contributed by atoms with E-state index in [9.17, 15) is 24.0 Å². The van der Waals surface area contributed by atoms with E-state index in [0.29, 0.717) is 16.4 Å². The van der Waals surface area contributed by atoms with Crippen LogP contribution in [0.1, 0.15) is 41.4 Å². The van der Waals surface area contributed by atoms with Gasteiger partial charge in [-0.3, -0.25) is 14.4 Å². The van der Waals surface area contributed by atoms with E-state index >= 15 is 0 Å². The largest absolute Gasteiger partial charge is 0.465 e. The monoisotopic (exact) mass is 492 g/mol. The Bertz CT molecular complexity index is 1370. The minimum Gasteiger partial charge on any atom is -0.465 e. The van der Waals surface area contributed by atoms with Crippen LogP contribution in [0.15, 0.2) is 66.7 Å². The van der Waals surface area contributed by atoms with E-state index in [1.165, 1.54) is 37.4 Å². The van der Waals surface area contributed by atoms with Gasteiger partial charge >= 0.3 is 11.9 Å². The maximum Gasteiger partial charge on any atom is 0.338 e. The zero-order valence-electron chi connectivity index (χ0n) is 18.2. The van der Waals surface area contributed by atoms with Crippen molar-refractivity contribution in [3.63, 3.8) is 0 Å². The zero-order chi connectivity index (χ0) is 25.1. The highest BCUT2D eigenvalue weighted by atomic mass is 35.5. The maximum atomic E-state index is 12.9. The van der Waals surface area contributed by atoms with Crippen LogP contribution in [0.2, 0.25) is 5.02 Å². The van der Waals surface area contributed by atoms with Gasteiger partial charge in [-0.1, -0.05) is 17.7 Å². The van der Waals surface area contributed by atoms with E-state index < -0.39 is 36.3 Å². The summed E-state index contributed by atoms with van der Waals surface area (Å²) in [7, 11) is 1.24. The lowest BCUT2D eigenvalue weighted by Crippen LogP contribution is -2.29. The highest BCUT2D eigenvalue weighted by molar-refractivity contribution is 6.35. The number of nitrogens with zero attached hydrogens (tertiary/aromatic N) is 1. The molecule has 1 aliphatic heterocycles. The number of carbonyl (C=O) groups is 5. The number of nitrogens with one attached hydrogen (secondary N) is 1. The standard InChI is InChI=1S/C25H17ClN2O7/c1-34-24(32)14-3-2-4-17(11-14)27-21(29)13-35-25(33)15-5-10-19-20(12-15)23(31)28(22(19)30)18-8-6-16(26)7-9-18/h2-12H,13H2,1H3,(H,27,29). The highest BCUT2D eigenvalue weighted by Crippen LogP contribution is 2.30. The Kier molecular flexibility index (Phi) is 6.61. The van der Waals surface area contributed by atoms with Gasteiger partial charge in [-0.05, 0) is 60.7 Å². The molecule has 0 unspecified atom stereocenters. The molecular formula is C25H17ClN2O7.